The number of amides is 1. The van der Waals surface area contributed by atoms with Gasteiger partial charge in [0.05, 0.1) is 11.6 Å². The summed E-state index contributed by atoms with van der Waals surface area (Å²) in [6, 6.07) is 7.28. The van der Waals surface area contributed by atoms with Crippen molar-refractivity contribution in [1.82, 2.24) is 20.1 Å². The Morgan fingerprint density at radius 1 is 1.40 bits per heavy atom. The summed E-state index contributed by atoms with van der Waals surface area (Å²) in [5, 5.41) is 15.6. The fourth-order valence-electron chi connectivity index (χ4n) is 3.10. The molecule has 0 spiro atoms. The zero-order valence-electron chi connectivity index (χ0n) is 14.2. The molecule has 1 saturated heterocycles. The van der Waals surface area contributed by atoms with Gasteiger partial charge < -0.3 is 9.80 Å². The van der Waals surface area contributed by atoms with Crippen molar-refractivity contribution in [3.63, 3.8) is 0 Å². The molecule has 0 radical (unpaired) electrons. The molecular weight excluding hydrogens is 320 g/mol. The fourth-order valence-corrected chi connectivity index (χ4v) is 3.10. The highest BCUT2D eigenvalue weighted by molar-refractivity contribution is 5.95. The smallest absolute Gasteiger partial charge is 0.340 e. The number of rotatable bonds is 3. The van der Waals surface area contributed by atoms with Crippen molar-refractivity contribution in [1.29, 1.82) is 5.26 Å². The van der Waals surface area contributed by atoms with Crippen molar-refractivity contribution in [2.45, 2.75) is 18.8 Å². The van der Waals surface area contributed by atoms with Crippen LogP contribution >= 0.6 is 0 Å². The minimum Gasteiger partial charge on any atom is -0.378 e. The van der Waals surface area contributed by atoms with Gasteiger partial charge in [0, 0.05) is 44.4 Å². The molecule has 2 aromatic rings. The number of nitrogens with zero attached hydrogens (tertiary/aromatic N) is 4. The van der Waals surface area contributed by atoms with Crippen LogP contribution in [0.4, 0.5) is 5.69 Å². The Bertz CT molecular complexity index is 876. The van der Waals surface area contributed by atoms with Gasteiger partial charge in [0.2, 0.25) is 0 Å². The van der Waals surface area contributed by atoms with Gasteiger partial charge in [-0.05, 0) is 31.0 Å². The molecule has 25 heavy (non-hydrogen) atoms. The van der Waals surface area contributed by atoms with Crippen LogP contribution in [0.1, 0.15) is 40.5 Å². The Morgan fingerprint density at radius 2 is 2.20 bits per heavy atom. The molecule has 3 rings (SSSR count). The molecule has 8 heteroatoms. The van der Waals surface area contributed by atoms with Gasteiger partial charge >= 0.3 is 5.69 Å². The molecule has 8 nitrogen and oxygen atoms in total. The molecule has 130 valence electrons. The van der Waals surface area contributed by atoms with Crippen LogP contribution < -0.4 is 10.6 Å². The van der Waals surface area contributed by atoms with E-state index in [1.807, 2.05) is 19.0 Å². The maximum Gasteiger partial charge on any atom is 0.340 e. The summed E-state index contributed by atoms with van der Waals surface area (Å²) >= 11 is 0. The first kappa shape index (κ1) is 16.8. The van der Waals surface area contributed by atoms with Gasteiger partial charge in [-0.1, -0.05) is 0 Å². The Morgan fingerprint density at radius 3 is 2.84 bits per heavy atom. The summed E-state index contributed by atoms with van der Waals surface area (Å²) < 4.78 is 0. The Kier molecular flexibility index (Phi) is 4.57. The number of aromatic amines is 2. The highest BCUT2D eigenvalue weighted by Gasteiger charge is 2.27. The minimum atomic E-state index is -0.337. The fraction of sp³-hybridized carbons (Fsp3) is 0.412. The van der Waals surface area contributed by atoms with Crippen LogP contribution in [-0.2, 0) is 0 Å². The average molecular weight is 340 g/mol. The predicted octanol–water partition coefficient (Wildman–Crippen LogP) is 1.06. The Balaban J connectivity index is 1.84. The number of nitriles is 1. The van der Waals surface area contributed by atoms with Crippen LogP contribution in [0, 0.1) is 11.3 Å². The summed E-state index contributed by atoms with van der Waals surface area (Å²) in [4.78, 5) is 30.5. The van der Waals surface area contributed by atoms with E-state index in [4.69, 9.17) is 0 Å². The third kappa shape index (κ3) is 3.55. The third-order valence-corrected chi connectivity index (χ3v) is 4.43. The van der Waals surface area contributed by atoms with Crippen LogP contribution in [-0.4, -0.2) is 53.2 Å². The Labute approximate surface area is 145 Å². The number of nitrogens with one attached hydrogen (secondary N) is 2. The number of H-pyrrole nitrogens is 2. The number of anilines is 1. The van der Waals surface area contributed by atoms with Crippen molar-refractivity contribution >= 4 is 11.6 Å². The lowest BCUT2D eigenvalue weighted by molar-refractivity contribution is 0.0704. The number of piperidine rings is 1. The predicted molar refractivity (Wildman–Crippen MR) is 92.6 cm³/mol. The van der Waals surface area contributed by atoms with E-state index < -0.39 is 0 Å². The molecule has 2 heterocycles. The topological polar surface area (TPSA) is 109 Å². The SMILES string of the molecule is CN(C)c1cc(C#N)cc(C(=O)N2CCCC(c3n[nH]c(=O)[nH]3)C2)c1. The number of benzene rings is 1. The van der Waals surface area contributed by atoms with Gasteiger partial charge in [0.15, 0.2) is 0 Å². The lowest BCUT2D eigenvalue weighted by Gasteiger charge is -2.32. The summed E-state index contributed by atoms with van der Waals surface area (Å²) in [5.41, 5.74) is 1.43. The third-order valence-electron chi connectivity index (χ3n) is 4.43. The summed E-state index contributed by atoms with van der Waals surface area (Å²) in [6.07, 6.45) is 1.70. The van der Waals surface area contributed by atoms with Gasteiger partial charge in [0.25, 0.3) is 5.91 Å². The molecule has 0 bridgehead atoms. The van der Waals surface area contributed by atoms with Gasteiger partial charge in [-0.2, -0.15) is 10.4 Å². The van der Waals surface area contributed by atoms with Crippen LogP contribution in [0.2, 0.25) is 0 Å². The second kappa shape index (κ2) is 6.81. The van der Waals surface area contributed by atoms with Gasteiger partial charge in [-0.3, -0.25) is 9.78 Å². The normalized spacial score (nSPS) is 17.2. The molecule has 1 aromatic heterocycles. The van der Waals surface area contributed by atoms with Crippen molar-refractivity contribution in [2.24, 2.45) is 0 Å². The van der Waals surface area contributed by atoms with E-state index in [1.54, 1.807) is 23.1 Å². The first-order valence-electron chi connectivity index (χ1n) is 8.14. The van der Waals surface area contributed by atoms with E-state index in [9.17, 15) is 14.9 Å². The van der Waals surface area contributed by atoms with Crippen LogP contribution in [0.5, 0.6) is 0 Å². The molecule has 0 aliphatic carbocycles. The van der Waals surface area contributed by atoms with Crippen molar-refractivity contribution in [3.8, 4) is 6.07 Å². The average Bonchev–Trinajstić information content (AvgIpc) is 3.07. The van der Waals surface area contributed by atoms with Crippen LogP contribution in [0.3, 0.4) is 0 Å². The number of aromatic nitrogens is 3. The lowest BCUT2D eigenvalue weighted by Crippen LogP contribution is -2.39. The molecule has 1 amide bonds. The number of carbonyl (C=O) groups excluding carboxylic acids is 1. The second-order valence-electron chi connectivity index (χ2n) is 6.43. The maximum absolute atomic E-state index is 12.9. The van der Waals surface area contributed by atoms with E-state index in [-0.39, 0.29) is 17.5 Å². The number of hydrogen-bond acceptors (Lipinski definition) is 5. The summed E-state index contributed by atoms with van der Waals surface area (Å²) in [6.45, 7) is 1.14. The molecular formula is C17H20N6O2. The second-order valence-corrected chi connectivity index (χ2v) is 6.43. The molecule has 1 unspecified atom stereocenters. The van der Waals surface area contributed by atoms with Crippen molar-refractivity contribution in [2.75, 3.05) is 32.1 Å². The van der Waals surface area contributed by atoms with Gasteiger partial charge in [-0.25, -0.2) is 9.89 Å². The van der Waals surface area contributed by atoms with E-state index in [1.165, 1.54) is 0 Å². The molecule has 1 aliphatic heterocycles. The first-order valence-corrected chi connectivity index (χ1v) is 8.14. The minimum absolute atomic E-state index is 0.00381. The highest BCUT2D eigenvalue weighted by Crippen LogP contribution is 2.26. The van der Waals surface area contributed by atoms with E-state index in [0.717, 1.165) is 18.5 Å². The number of carbonyl (C=O) groups is 1. The van der Waals surface area contributed by atoms with Gasteiger partial charge in [0.1, 0.15) is 5.82 Å². The lowest BCUT2D eigenvalue weighted by atomic mass is 9.96. The molecule has 1 atom stereocenters. The standard InChI is InChI=1S/C17H20N6O2/c1-22(2)14-7-11(9-18)6-13(8-14)16(24)23-5-3-4-12(10-23)15-19-17(25)21-20-15/h6-8,12H,3-5,10H2,1-2H3,(H2,19,20,21,25). The Hall–Kier alpha value is -3.08. The molecule has 0 saturated carbocycles. The van der Waals surface area contributed by atoms with Crippen LogP contribution in [0.25, 0.3) is 0 Å². The van der Waals surface area contributed by atoms with Crippen molar-refractivity contribution < 1.29 is 4.79 Å². The number of likely N-dealkylation sites (tertiary alicyclic amines) is 1. The van der Waals surface area contributed by atoms with E-state index in [2.05, 4.69) is 21.3 Å². The van der Waals surface area contributed by atoms with Crippen LogP contribution in [0.15, 0.2) is 23.0 Å². The molecule has 1 fully saturated rings. The first-order chi connectivity index (χ1) is 12.0. The molecule has 1 aliphatic rings. The monoisotopic (exact) mass is 340 g/mol. The van der Waals surface area contributed by atoms with E-state index >= 15 is 0 Å². The van der Waals surface area contributed by atoms with Crippen molar-refractivity contribution in [3.05, 3.63) is 45.6 Å². The quantitative estimate of drug-likeness (QED) is 0.868. The zero-order valence-corrected chi connectivity index (χ0v) is 14.2. The summed E-state index contributed by atoms with van der Waals surface area (Å²) in [7, 11) is 3.74. The van der Waals surface area contributed by atoms with Gasteiger partial charge in [-0.15, -0.1) is 0 Å². The molecule has 2 N–H and O–H groups in total. The largest absolute Gasteiger partial charge is 0.378 e. The molecule has 1 aromatic carbocycles. The zero-order chi connectivity index (χ0) is 18.0. The highest BCUT2D eigenvalue weighted by atomic mass is 16.2. The number of hydrogen-bond donors (Lipinski definition) is 2. The van der Waals surface area contributed by atoms with E-state index in [0.29, 0.717) is 30.0 Å². The maximum atomic E-state index is 12.9. The summed E-state index contributed by atoms with van der Waals surface area (Å²) in [5.74, 6) is 0.481.